The van der Waals surface area contributed by atoms with Crippen LogP contribution in [0, 0.1) is 18.8 Å². The van der Waals surface area contributed by atoms with E-state index in [0.29, 0.717) is 23.4 Å². The van der Waals surface area contributed by atoms with E-state index in [9.17, 15) is 14.7 Å². The van der Waals surface area contributed by atoms with Gasteiger partial charge in [-0.05, 0) is 56.2 Å². The first-order valence-electron chi connectivity index (χ1n) is 11.1. The summed E-state index contributed by atoms with van der Waals surface area (Å²) in [7, 11) is 1.61. The van der Waals surface area contributed by atoms with Gasteiger partial charge in [-0.1, -0.05) is 17.9 Å². The maximum Gasteiger partial charge on any atom is 0.342 e. The molecule has 0 bridgehead atoms. The van der Waals surface area contributed by atoms with Crippen LogP contribution in [0.5, 0.6) is 5.75 Å². The highest BCUT2D eigenvalue weighted by Crippen LogP contribution is 2.31. The number of likely N-dealkylation sites (N-methyl/N-ethyl adjacent to an activating group) is 1. The number of fused-ring (bicyclic) bond motifs is 1. The highest BCUT2D eigenvalue weighted by atomic mass is 16.5. The molecule has 35 heavy (non-hydrogen) atoms. The second-order valence-electron chi connectivity index (χ2n) is 9.00. The highest BCUT2D eigenvalue weighted by molar-refractivity contribution is 6.00. The third kappa shape index (κ3) is 5.86. The number of carbonyl (C=O) groups excluding carboxylic acids is 2. The summed E-state index contributed by atoms with van der Waals surface area (Å²) in [6.07, 6.45) is 5.55. The molecule has 2 amide bonds. The molecule has 0 fully saturated rings. The van der Waals surface area contributed by atoms with E-state index >= 15 is 0 Å². The minimum absolute atomic E-state index is 0.0297. The number of ether oxygens (including phenoxy) is 1. The maximum absolute atomic E-state index is 13.1. The number of amides is 2. The summed E-state index contributed by atoms with van der Waals surface area (Å²) in [6, 6.07) is 7.66. The Hall–Kier alpha value is -4.16. The van der Waals surface area contributed by atoms with Crippen LogP contribution in [0.1, 0.15) is 36.2 Å². The summed E-state index contributed by atoms with van der Waals surface area (Å²) < 4.78 is 6.99. The summed E-state index contributed by atoms with van der Waals surface area (Å²) in [5, 5.41) is 16.7. The minimum atomic E-state index is -1.14. The largest absolute Gasteiger partial charge is 0.489 e. The smallest absolute Gasteiger partial charge is 0.342 e. The first-order chi connectivity index (χ1) is 16.6. The zero-order valence-corrected chi connectivity index (χ0v) is 20.1. The number of anilines is 1. The van der Waals surface area contributed by atoms with E-state index in [1.54, 1.807) is 57.7 Å². The van der Waals surface area contributed by atoms with Crippen LogP contribution in [-0.2, 0) is 11.2 Å². The van der Waals surface area contributed by atoms with Gasteiger partial charge < -0.3 is 20.1 Å². The van der Waals surface area contributed by atoms with Crippen molar-refractivity contribution < 1.29 is 19.4 Å². The molecule has 1 atom stereocenters. The van der Waals surface area contributed by atoms with Gasteiger partial charge in [0.2, 0.25) is 0 Å². The molecule has 2 N–H and O–H groups in total. The number of nitrogens with one attached hydrogen (secondary N) is 1. The fourth-order valence-corrected chi connectivity index (χ4v) is 3.49. The number of pyridine rings is 1. The van der Waals surface area contributed by atoms with E-state index in [4.69, 9.17) is 4.74 Å². The first-order valence-corrected chi connectivity index (χ1v) is 11.1. The Morgan fingerprint density at radius 3 is 2.80 bits per heavy atom. The standard InChI is InChI=1S/C26H27N5O4/c1-17-5-7-20(27-13-17)11-19-14-28-31(15-19)25(33)29-21-16-35-23-8-6-18(9-10-26(2,3)34)12-22(23)30(4)24(21)32/h5-8,12-15,21,34H,11,16H2,1-4H3,(H,29,33)/t21-/m1/s1. The van der Waals surface area contributed by atoms with Crippen LogP contribution in [-0.4, -0.2) is 57.1 Å². The predicted octanol–water partition coefficient (Wildman–Crippen LogP) is 2.28. The fourth-order valence-electron chi connectivity index (χ4n) is 3.49. The number of benzene rings is 1. The highest BCUT2D eigenvalue weighted by Gasteiger charge is 2.31. The van der Waals surface area contributed by atoms with Gasteiger partial charge in [0.25, 0.3) is 5.91 Å². The molecule has 3 aromatic rings. The van der Waals surface area contributed by atoms with Crippen LogP contribution in [0.4, 0.5) is 10.5 Å². The predicted molar refractivity (Wildman–Crippen MR) is 130 cm³/mol. The number of nitrogens with zero attached hydrogens (tertiary/aromatic N) is 4. The number of aromatic nitrogens is 3. The molecule has 1 aliphatic heterocycles. The third-order valence-electron chi connectivity index (χ3n) is 5.37. The van der Waals surface area contributed by atoms with Crippen molar-refractivity contribution in [2.45, 2.75) is 38.8 Å². The molecule has 1 aliphatic rings. The first kappa shape index (κ1) is 24.0. The van der Waals surface area contributed by atoms with Crippen LogP contribution in [0.2, 0.25) is 0 Å². The molecule has 3 heterocycles. The summed E-state index contributed by atoms with van der Waals surface area (Å²) in [6.45, 7) is 5.13. The Labute approximate surface area is 203 Å². The number of hydrogen-bond acceptors (Lipinski definition) is 6. The Bertz CT molecular complexity index is 1310. The lowest BCUT2D eigenvalue weighted by Crippen LogP contribution is -2.50. The van der Waals surface area contributed by atoms with Crippen molar-refractivity contribution in [2.75, 3.05) is 18.6 Å². The molecule has 0 unspecified atom stereocenters. The fraction of sp³-hybridized carbons (Fsp3) is 0.308. The van der Waals surface area contributed by atoms with Crippen LogP contribution >= 0.6 is 0 Å². The van der Waals surface area contributed by atoms with E-state index in [0.717, 1.165) is 16.8 Å². The lowest BCUT2D eigenvalue weighted by molar-refractivity contribution is -0.120. The molecule has 1 aromatic carbocycles. The zero-order valence-electron chi connectivity index (χ0n) is 20.1. The van der Waals surface area contributed by atoms with Crippen LogP contribution in [0.3, 0.4) is 0 Å². The third-order valence-corrected chi connectivity index (χ3v) is 5.37. The molecule has 4 rings (SSSR count). The molecular weight excluding hydrogens is 446 g/mol. The number of aliphatic hydroxyl groups is 1. The number of carbonyl (C=O) groups is 2. The number of hydrogen-bond donors (Lipinski definition) is 2. The van der Waals surface area contributed by atoms with E-state index in [2.05, 4.69) is 27.2 Å². The summed E-state index contributed by atoms with van der Waals surface area (Å²) in [5.41, 5.74) is 2.79. The molecular formula is C26H27N5O4. The van der Waals surface area contributed by atoms with E-state index in [1.165, 1.54) is 9.58 Å². The molecule has 0 radical (unpaired) electrons. The van der Waals surface area contributed by atoms with Gasteiger partial charge >= 0.3 is 6.03 Å². The Balaban J connectivity index is 1.45. The van der Waals surface area contributed by atoms with Gasteiger partial charge in [-0.2, -0.15) is 9.78 Å². The quantitative estimate of drug-likeness (QED) is 0.565. The molecule has 2 aromatic heterocycles. The van der Waals surface area contributed by atoms with Gasteiger partial charge in [0.05, 0.1) is 11.9 Å². The van der Waals surface area contributed by atoms with Gasteiger partial charge in [-0.15, -0.1) is 0 Å². The molecule has 180 valence electrons. The lowest BCUT2D eigenvalue weighted by Gasteiger charge is -2.20. The van der Waals surface area contributed by atoms with Crippen molar-refractivity contribution >= 4 is 17.6 Å². The Kier molecular flexibility index (Phi) is 6.58. The lowest BCUT2D eigenvalue weighted by atomic mass is 10.1. The second-order valence-corrected chi connectivity index (χ2v) is 9.00. The maximum atomic E-state index is 13.1. The van der Waals surface area contributed by atoms with E-state index < -0.39 is 17.7 Å². The van der Waals surface area contributed by atoms with Crippen molar-refractivity contribution in [2.24, 2.45) is 0 Å². The molecule has 0 saturated heterocycles. The molecule has 9 nitrogen and oxygen atoms in total. The van der Waals surface area contributed by atoms with Crippen molar-refractivity contribution in [3.8, 4) is 17.6 Å². The van der Waals surface area contributed by atoms with Gasteiger partial charge in [-0.3, -0.25) is 9.78 Å². The number of rotatable bonds is 3. The van der Waals surface area contributed by atoms with E-state index in [-0.39, 0.29) is 12.5 Å². The van der Waals surface area contributed by atoms with Gasteiger partial charge in [0.1, 0.15) is 24.0 Å². The van der Waals surface area contributed by atoms with E-state index in [1.807, 2.05) is 19.1 Å². The minimum Gasteiger partial charge on any atom is -0.489 e. The van der Waals surface area contributed by atoms with Crippen molar-refractivity contribution in [1.29, 1.82) is 0 Å². The van der Waals surface area contributed by atoms with Crippen LogP contribution in [0.15, 0.2) is 48.9 Å². The summed E-state index contributed by atoms with van der Waals surface area (Å²) in [4.78, 5) is 31.7. The molecule has 9 heteroatoms. The topological polar surface area (TPSA) is 110 Å². The van der Waals surface area contributed by atoms with Crippen LogP contribution < -0.4 is 15.0 Å². The monoisotopic (exact) mass is 473 g/mol. The summed E-state index contributed by atoms with van der Waals surface area (Å²) >= 11 is 0. The summed E-state index contributed by atoms with van der Waals surface area (Å²) in [5.74, 6) is 5.81. The molecule has 0 aliphatic carbocycles. The SMILES string of the molecule is Cc1ccc(Cc2cnn(C(=O)N[C@@H]3COc4ccc(C#CC(C)(C)O)cc4N(C)C3=O)c2)nc1. The van der Waals surface area contributed by atoms with Crippen molar-refractivity contribution in [3.63, 3.8) is 0 Å². The second kappa shape index (κ2) is 9.60. The zero-order chi connectivity index (χ0) is 25.2. The van der Waals surface area contributed by atoms with Gasteiger partial charge in [0.15, 0.2) is 0 Å². The normalized spacial score (nSPS) is 15.4. The number of aryl methyl sites for hydroxylation is 1. The average Bonchev–Trinajstić information content (AvgIpc) is 3.25. The molecule has 0 spiro atoms. The van der Waals surface area contributed by atoms with Gasteiger partial charge in [0, 0.05) is 37.1 Å². The van der Waals surface area contributed by atoms with Crippen molar-refractivity contribution in [3.05, 3.63) is 71.3 Å². The average molecular weight is 474 g/mol. The van der Waals surface area contributed by atoms with Gasteiger partial charge in [-0.25, -0.2) is 4.79 Å². The Morgan fingerprint density at radius 1 is 1.29 bits per heavy atom. The van der Waals surface area contributed by atoms with Crippen LogP contribution in [0.25, 0.3) is 0 Å². The Morgan fingerprint density at radius 2 is 2.09 bits per heavy atom. The molecule has 0 saturated carbocycles. The van der Waals surface area contributed by atoms with Crippen molar-refractivity contribution in [1.82, 2.24) is 20.1 Å².